The van der Waals surface area contributed by atoms with Crippen LogP contribution in [0.4, 0.5) is 0 Å². The Morgan fingerprint density at radius 1 is 1.43 bits per heavy atom. The van der Waals surface area contributed by atoms with E-state index in [4.69, 9.17) is 0 Å². The molecule has 0 saturated heterocycles. The van der Waals surface area contributed by atoms with Crippen LogP contribution in [0.2, 0.25) is 0 Å². The van der Waals surface area contributed by atoms with Crippen molar-refractivity contribution in [3.63, 3.8) is 0 Å². The fourth-order valence-corrected chi connectivity index (χ4v) is 2.08. The quantitative estimate of drug-likeness (QED) is 0.781. The summed E-state index contributed by atoms with van der Waals surface area (Å²) in [7, 11) is 0. The van der Waals surface area contributed by atoms with Gasteiger partial charge in [0, 0.05) is 0 Å². The van der Waals surface area contributed by atoms with E-state index in [1.54, 1.807) is 11.3 Å². The van der Waals surface area contributed by atoms with E-state index in [-0.39, 0.29) is 0 Å². The fourth-order valence-electron chi connectivity index (χ4n) is 1.27. The largest absolute Gasteiger partial charge is 0.245 e. The molecule has 0 unspecified atom stereocenters. The van der Waals surface area contributed by atoms with Crippen molar-refractivity contribution in [3.05, 3.63) is 35.3 Å². The van der Waals surface area contributed by atoms with E-state index in [0.29, 0.717) is 0 Å². The van der Waals surface area contributed by atoms with Gasteiger partial charge in [-0.2, -0.15) is 12.6 Å². The number of allylic oxidation sites excluding steroid dienone is 1. The van der Waals surface area contributed by atoms with Crippen LogP contribution in [0.3, 0.4) is 0 Å². The van der Waals surface area contributed by atoms with Crippen molar-refractivity contribution in [1.29, 1.82) is 0 Å². The Morgan fingerprint density at radius 3 is 3.21 bits per heavy atom. The second-order valence-corrected chi connectivity index (χ2v) is 4.33. The Labute approximate surface area is 92.9 Å². The Bertz CT molecular complexity index is 445. The van der Waals surface area contributed by atoms with Crippen LogP contribution in [0.15, 0.2) is 29.8 Å². The predicted octanol–water partition coefficient (Wildman–Crippen LogP) is 3.63. The van der Waals surface area contributed by atoms with Gasteiger partial charge in [-0.3, -0.25) is 0 Å². The molecule has 0 radical (unpaired) electrons. The number of thiazole rings is 1. The standard InChI is InChI=1S/C11H11NS2/c13-6-2-1-3-9-4-5-11-10(7-9)12-8-14-11/h1,3-5,7-8,13H,2,6H2. The lowest BCUT2D eigenvalue weighted by Gasteiger charge is -1.92. The van der Waals surface area contributed by atoms with E-state index in [1.807, 2.05) is 5.51 Å². The number of hydrogen-bond acceptors (Lipinski definition) is 3. The van der Waals surface area contributed by atoms with Gasteiger partial charge in [0.05, 0.1) is 15.7 Å². The Hall–Kier alpha value is -0.800. The number of hydrogen-bond donors (Lipinski definition) is 1. The van der Waals surface area contributed by atoms with Gasteiger partial charge >= 0.3 is 0 Å². The summed E-state index contributed by atoms with van der Waals surface area (Å²) in [5, 5.41) is 0. The van der Waals surface area contributed by atoms with E-state index in [1.165, 1.54) is 10.3 Å². The molecule has 0 N–H and O–H groups in total. The molecular weight excluding hydrogens is 210 g/mol. The monoisotopic (exact) mass is 221 g/mol. The predicted molar refractivity (Wildman–Crippen MR) is 67.1 cm³/mol. The maximum Gasteiger partial charge on any atom is 0.0817 e. The third-order valence-corrected chi connectivity index (χ3v) is 3.03. The second-order valence-electron chi connectivity index (χ2n) is 2.99. The van der Waals surface area contributed by atoms with Crippen molar-refractivity contribution in [1.82, 2.24) is 4.98 Å². The van der Waals surface area contributed by atoms with Crippen LogP contribution >= 0.6 is 24.0 Å². The highest BCUT2D eigenvalue weighted by molar-refractivity contribution is 7.80. The third kappa shape index (κ3) is 2.16. The molecule has 72 valence electrons. The van der Waals surface area contributed by atoms with Gasteiger partial charge in [-0.25, -0.2) is 4.98 Å². The summed E-state index contributed by atoms with van der Waals surface area (Å²) in [6.45, 7) is 0. The van der Waals surface area contributed by atoms with Crippen molar-refractivity contribution in [2.24, 2.45) is 0 Å². The Morgan fingerprint density at radius 2 is 2.36 bits per heavy atom. The molecule has 0 atom stereocenters. The van der Waals surface area contributed by atoms with Gasteiger partial charge in [-0.05, 0) is 29.9 Å². The molecule has 0 amide bonds. The molecule has 1 nitrogen and oxygen atoms in total. The molecule has 1 aromatic heterocycles. The van der Waals surface area contributed by atoms with E-state index in [0.717, 1.165) is 17.7 Å². The molecule has 0 saturated carbocycles. The number of thiol groups is 1. The van der Waals surface area contributed by atoms with E-state index >= 15 is 0 Å². The van der Waals surface area contributed by atoms with Crippen LogP contribution in [0, 0.1) is 0 Å². The normalized spacial score (nSPS) is 11.5. The van der Waals surface area contributed by atoms with Crippen molar-refractivity contribution in [3.8, 4) is 0 Å². The molecule has 0 aliphatic carbocycles. The zero-order chi connectivity index (χ0) is 9.80. The summed E-state index contributed by atoms with van der Waals surface area (Å²) in [5.41, 5.74) is 4.18. The zero-order valence-electron chi connectivity index (χ0n) is 7.68. The fraction of sp³-hybridized carbons (Fsp3) is 0.182. The van der Waals surface area contributed by atoms with Crippen molar-refractivity contribution < 1.29 is 0 Å². The van der Waals surface area contributed by atoms with Crippen molar-refractivity contribution in [2.45, 2.75) is 6.42 Å². The molecule has 3 heteroatoms. The van der Waals surface area contributed by atoms with Gasteiger partial charge in [-0.15, -0.1) is 11.3 Å². The molecule has 1 heterocycles. The topological polar surface area (TPSA) is 12.9 Å². The highest BCUT2D eigenvalue weighted by atomic mass is 32.1. The molecule has 2 aromatic rings. The summed E-state index contributed by atoms with van der Waals surface area (Å²) in [4.78, 5) is 4.28. The zero-order valence-corrected chi connectivity index (χ0v) is 9.39. The maximum atomic E-state index is 4.28. The van der Waals surface area contributed by atoms with E-state index < -0.39 is 0 Å². The molecule has 2 rings (SSSR count). The van der Waals surface area contributed by atoms with Gasteiger partial charge in [0.2, 0.25) is 0 Å². The molecule has 0 aliphatic rings. The lowest BCUT2D eigenvalue weighted by molar-refractivity contribution is 1.26. The van der Waals surface area contributed by atoms with Gasteiger partial charge in [0.1, 0.15) is 0 Å². The second kappa shape index (κ2) is 4.62. The van der Waals surface area contributed by atoms with Gasteiger partial charge < -0.3 is 0 Å². The van der Waals surface area contributed by atoms with Crippen LogP contribution in [0.1, 0.15) is 12.0 Å². The minimum atomic E-state index is 0.898. The third-order valence-electron chi connectivity index (χ3n) is 1.96. The lowest BCUT2D eigenvalue weighted by atomic mass is 10.2. The van der Waals surface area contributed by atoms with Crippen molar-refractivity contribution in [2.75, 3.05) is 5.75 Å². The first-order valence-electron chi connectivity index (χ1n) is 4.51. The van der Waals surface area contributed by atoms with Crippen LogP contribution in [0.5, 0.6) is 0 Å². The Kier molecular flexibility index (Phi) is 3.22. The molecule has 0 bridgehead atoms. The summed E-state index contributed by atoms with van der Waals surface area (Å²) >= 11 is 5.83. The van der Waals surface area contributed by atoms with Gasteiger partial charge in [-0.1, -0.05) is 18.2 Å². The van der Waals surface area contributed by atoms with Crippen LogP contribution in [-0.4, -0.2) is 10.7 Å². The van der Waals surface area contributed by atoms with Crippen LogP contribution in [0.25, 0.3) is 16.3 Å². The molecular formula is C11H11NS2. The van der Waals surface area contributed by atoms with Crippen LogP contribution < -0.4 is 0 Å². The minimum Gasteiger partial charge on any atom is -0.245 e. The number of nitrogens with zero attached hydrogens (tertiary/aromatic N) is 1. The molecule has 0 spiro atoms. The first-order valence-corrected chi connectivity index (χ1v) is 6.02. The van der Waals surface area contributed by atoms with Gasteiger partial charge in [0.15, 0.2) is 0 Å². The number of fused-ring (bicyclic) bond motifs is 1. The van der Waals surface area contributed by atoms with E-state index in [9.17, 15) is 0 Å². The summed E-state index contributed by atoms with van der Waals surface area (Å²) < 4.78 is 1.25. The highest BCUT2D eigenvalue weighted by Crippen LogP contribution is 2.19. The summed E-state index contributed by atoms with van der Waals surface area (Å²) in [6, 6.07) is 6.35. The molecule has 0 fully saturated rings. The smallest absolute Gasteiger partial charge is 0.0817 e. The van der Waals surface area contributed by atoms with E-state index in [2.05, 4.69) is 48.0 Å². The molecule has 0 aliphatic heterocycles. The summed E-state index contributed by atoms with van der Waals surface area (Å²) in [5.74, 6) is 0.898. The first kappa shape index (κ1) is 9.74. The van der Waals surface area contributed by atoms with Gasteiger partial charge in [0.25, 0.3) is 0 Å². The number of rotatable bonds is 3. The van der Waals surface area contributed by atoms with Crippen LogP contribution in [-0.2, 0) is 0 Å². The maximum absolute atomic E-state index is 4.28. The summed E-state index contributed by atoms with van der Waals surface area (Å²) in [6.07, 6.45) is 5.27. The lowest BCUT2D eigenvalue weighted by Crippen LogP contribution is -1.73. The first-order chi connectivity index (χ1) is 6.90. The molecule has 14 heavy (non-hydrogen) atoms. The average molecular weight is 221 g/mol. The minimum absolute atomic E-state index is 0.898. The highest BCUT2D eigenvalue weighted by Gasteiger charge is 1.95. The Balaban J connectivity index is 2.25. The average Bonchev–Trinajstić information content (AvgIpc) is 2.65. The number of aromatic nitrogens is 1. The van der Waals surface area contributed by atoms with Crippen molar-refractivity contribution >= 4 is 40.3 Å². The molecule has 1 aromatic carbocycles. The SMILES string of the molecule is SCCC=Cc1ccc2scnc2c1. The number of benzene rings is 1.